The van der Waals surface area contributed by atoms with Gasteiger partial charge >= 0.3 is 5.97 Å². The fourth-order valence-electron chi connectivity index (χ4n) is 10.3. The van der Waals surface area contributed by atoms with Crippen molar-refractivity contribution in [2.75, 3.05) is 13.2 Å². The topological polar surface area (TPSA) is 95.9 Å². The lowest BCUT2D eigenvalue weighted by Crippen LogP contribution is -2.45. The summed E-state index contributed by atoms with van der Waals surface area (Å²) >= 11 is 0. The molecule has 0 spiro atoms. The molecule has 0 aliphatic heterocycles. The summed E-state index contributed by atoms with van der Waals surface area (Å²) in [5, 5.41) is 23.1. The molecule has 0 bridgehead atoms. The van der Waals surface area contributed by atoms with Gasteiger partial charge in [-0.3, -0.25) is 9.59 Å². The number of rotatable bonds is 61. The Morgan fingerprint density at radius 3 is 0.958 bits per heavy atom. The van der Waals surface area contributed by atoms with Gasteiger partial charge in [-0.05, 0) is 32.1 Å². The van der Waals surface area contributed by atoms with Crippen LogP contribution in [0.1, 0.15) is 367 Å². The summed E-state index contributed by atoms with van der Waals surface area (Å²) in [6.45, 7) is 4.93. The summed E-state index contributed by atoms with van der Waals surface area (Å²) in [5.74, 6) is -0.0446. The molecule has 1 amide bonds. The van der Waals surface area contributed by atoms with Crippen molar-refractivity contribution in [3.63, 3.8) is 0 Å². The van der Waals surface area contributed by atoms with Crippen LogP contribution in [0.3, 0.4) is 0 Å². The fraction of sp³-hybridized carbons (Fsp3) is 0.938. The maximum atomic E-state index is 12.4. The van der Waals surface area contributed by atoms with Crippen LogP contribution in [0.25, 0.3) is 0 Å². The van der Waals surface area contributed by atoms with Crippen molar-refractivity contribution in [1.29, 1.82) is 0 Å². The van der Waals surface area contributed by atoms with Crippen molar-refractivity contribution in [2.45, 2.75) is 379 Å². The van der Waals surface area contributed by atoms with Gasteiger partial charge in [0.1, 0.15) is 0 Å². The van der Waals surface area contributed by atoms with Crippen LogP contribution in [0.2, 0.25) is 0 Å². The number of ether oxygens (including phenoxy) is 1. The van der Waals surface area contributed by atoms with Gasteiger partial charge in [0, 0.05) is 12.8 Å². The number of hydrogen-bond acceptors (Lipinski definition) is 5. The molecule has 0 aliphatic carbocycles. The van der Waals surface area contributed by atoms with Crippen LogP contribution in [0, 0.1) is 0 Å². The quantitative estimate of drug-likeness (QED) is 0.0320. The minimum atomic E-state index is -0.841. The van der Waals surface area contributed by atoms with Crippen LogP contribution in [0.15, 0.2) is 12.2 Å². The number of allylic oxidation sites excluding steroid dienone is 1. The van der Waals surface area contributed by atoms with Gasteiger partial charge in [0.25, 0.3) is 0 Å². The molecule has 0 heterocycles. The zero-order chi connectivity index (χ0) is 51.4. The van der Waals surface area contributed by atoms with Crippen molar-refractivity contribution < 1.29 is 24.5 Å². The first-order valence-corrected chi connectivity index (χ1v) is 32.5. The Hall–Kier alpha value is -1.40. The molecular formula is C65H127NO5. The molecule has 0 aliphatic rings. The molecule has 0 radical (unpaired) electrons. The lowest BCUT2D eigenvalue weighted by atomic mass is 10.0. The molecule has 3 N–H and O–H groups in total. The van der Waals surface area contributed by atoms with E-state index in [9.17, 15) is 19.8 Å². The summed E-state index contributed by atoms with van der Waals surface area (Å²) in [5.41, 5.74) is 0. The van der Waals surface area contributed by atoms with E-state index in [2.05, 4.69) is 19.2 Å². The molecule has 2 unspecified atom stereocenters. The zero-order valence-electron chi connectivity index (χ0n) is 48.2. The highest BCUT2D eigenvalue weighted by Crippen LogP contribution is 2.18. The Kier molecular flexibility index (Phi) is 59.9. The molecular weight excluding hydrogens is 875 g/mol. The number of amides is 1. The third-order valence-corrected chi connectivity index (χ3v) is 15.3. The molecule has 2 atom stereocenters. The lowest BCUT2D eigenvalue weighted by Gasteiger charge is -2.20. The molecule has 6 heteroatoms. The maximum Gasteiger partial charge on any atom is 0.305 e. The van der Waals surface area contributed by atoms with Crippen molar-refractivity contribution in [3.05, 3.63) is 12.2 Å². The van der Waals surface area contributed by atoms with Crippen LogP contribution in [-0.2, 0) is 14.3 Å². The Balaban J connectivity index is 3.33. The van der Waals surface area contributed by atoms with Gasteiger partial charge in [-0.15, -0.1) is 0 Å². The number of nitrogens with one attached hydrogen (secondary N) is 1. The SMILES string of the molecule is CCCCCCCCCCCC/C=C/C(O)C(CO)NC(=O)CCCCCCCCCCCCCCCCCCCCCCCCCCCOC(=O)CCCCCCCCCCCCCCCCCCC. The third kappa shape index (κ3) is 57.7. The van der Waals surface area contributed by atoms with Crippen molar-refractivity contribution in [3.8, 4) is 0 Å². The first-order valence-electron chi connectivity index (χ1n) is 32.5. The minimum Gasteiger partial charge on any atom is -0.466 e. The Morgan fingerprint density at radius 2 is 0.648 bits per heavy atom. The van der Waals surface area contributed by atoms with Crippen LogP contribution < -0.4 is 5.32 Å². The van der Waals surface area contributed by atoms with Crippen LogP contribution in [-0.4, -0.2) is 47.4 Å². The summed E-state index contributed by atoms with van der Waals surface area (Å²) in [7, 11) is 0. The number of esters is 1. The van der Waals surface area contributed by atoms with E-state index >= 15 is 0 Å². The number of aliphatic hydroxyl groups excluding tert-OH is 2. The van der Waals surface area contributed by atoms with E-state index in [0.29, 0.717) is 19.4 Å². The highest BCUT2D eigenvalue weighted by Gasteiger charge is 2.18. The number of carbonyl (C=O) groups is 2. The molecule has 0 rings (SSSR count). The maximum absolute atomic E-state index is 12.4. The van der Waals surface area contributed by atoms with E-state index in [-0.39, 0.29) is 18.5 Å². The first-order chi connectivity index (χ1) is 35.0. The van der Waals surface area contributed by atoms with Gasteiger partial charge in [0.05, 0.1) is 25.4 Å². The molecule has 0 saturated carbocycles. The molecule has 0 saturated heterocycles. The summed E-state index contributed by atoms with van der Waals surface area (Å²) in [6.07, 6.45) is 74.1. The number of carbonyl (C=O) groups excluding carboxylic acids is 2. The average molecular weight is 1000 g/mol. The van der Waals surface area contributed by atoms with E-state index in [1.54, 1.807) is 6.08 Å². The standard InChI is InChI=1S/C65H127NO5/c1-3-5-7-9-11-13-15-17-18-28-32-35-39-43-47-51-55-59-65(70)71-60-56-52-48-44-40-36-33-30-27-25-23-21-19-20-22-24-26-29-31-34-38-42-46-50-54-58-64(69)66-62(61-67)63(68)57-53-49-45-41-37-16-14-12-10-8-6-4-2/h53,57,62-63,67-68H,3-52,54-56,58-61H2,1-2H3,(H,66,69)/b57-53+. The Labute approximate surface area is 444 Å². The molecule has 6 nitrogen and oxygen atoms in total. The summed E-state index contributed by atoms with van der Waals surface area (Å²) < 4.78 is 5.50. The number of aliphatic hydroxyl groups is 2. The lowest BCUT2D eigenvalue weighted by molar-refractivity contribution is -0.143. The van der Waals surface area contributed by atoms with Gasteiger partial charge in [-0.1, -0.05) is 334 Å². The van der Waals surface area contributed by atoms with E-state index < -0.39 is 12.1 Å². The molecule has 422 valence electrons. The number of hydrogen-bond donors (Lipinski definition) is 3. The minimum absolute atomic E-state index is 0.0206. The van der Waals surface area contributed by atoms with Gasteiger partial charge in [0.15, 0.2) is 0 Å². The van der Waals surface area contributed by atoms with Crippen molar-refractivity contribution in [1.82, 2.24) is 5.32 Å². The largest absolute Gasteiger partial charge is 0.466 e. The van der Waals surface area contributed by atoms with Gasteiger partial charge < -0.3 is 20.3 Å². The second-order valence-electron chi connectivity index (χ2n) is 22.5. The fourth-order valence-corrected chi connectivity index (χ4v) is 10.3. The second kappa shape index (κ2) is 61.1. The molecule has 71 heavy (non-hydrogen) atoms. The van der Waals surface area contributed by atoms with E-state index in [0.717, 1.165) is 38.5 Å². The van der Waals surface area contributed by atoms with Crippen LogP contribution in [0.5, 0.6) is 0 Å². The number of unbranched alkanes of at least 4 members (excludes halogenated alkanes) is 50. The third-order valence-electron chi connectivity index (χ3n) is 15.3. The molecule has 0 aromatic rings. The Bertz CT molecular complexity index is 1060. The predicted molar refractivity (Wildman–Crippen MR) is 310 cm³/mol. The normalized spacial score (nSPS) is 12.6. The Morgan fingerprint density at radius 1 is 0.380 bits per heavy atom. The van der Waals surface area contributed by atoms with Crippen LogP contribution in [0.4, 0.5) is 0 Å². The second-order valence-corrected chi connectivity index (χ2v) is 22.5. The highest BCUT2D eigenvalue weighted by atomic mass is 16.5. The van der Waals surface area contributed by atoms with Crippen molar-refractivity contribution >= 4 is 11.9 Å². The smallest absolute Gasteiger partial charge is 0.305 e. The first kappa shape index (κ1) is 69.6. The van der Waals surface area contributed by atoms with Crippen molar-refractivity contribution in [2.24, 2.45) is 0 Å². The summed E-state index contributed by atoms with van der Waals surface area (Å²) in [6, 6.07) is -0.624. The van der Waals surface area contributed by atoms with Gasteiger partial charge in [0.2, 0.25) is 5.91 Å². The molecule has 0 fully saturated rings. The highest BCUT2D eigenvalue weighted by molar-refractivity contribution is 5.76. The van der Waals surface area contributed by atoms with Gasteiger partial charge in [-0.2, -0.15) is 0 Å². The monoisotopic (exact) mass is 1000 g/mol. The van der Waals surface area contributed by atoms with Gasteiger partial charge in [-0.25, -0.2) is 0 Å². The van der Waals surface area contributed by atoms with E-state index in [1.807, 2.05) is 6.08 Å². The van der Waals surface area contributed by atoms with E-state index in [1.165, 1.54) is 302 Å². The van der Waals surface area contributed by atoms with Crippen LogP contribution >= 0.6 is 0 Å². The summed E-state index contributed by atoms with van der Waals surface area (Å²) in [4.78, 5) is 24.5. The molecule has 0 aromatic carbocycles. The predicted octanol–water partition coefficient (Wildman–Crippen LogP) is 20.4. The molecule has 0 aromatic heterocycles. The zero-order valence-corrected chi connectivity index (χ0v) is 48.2. The average Bonchev–Trinajstić information content (AvgIpc) is 3.37. The van der Waals surface area contributed by atoms with E-state index in [4.69, 9.17) is 4.74 Å².